The molecular weight excluding hydrogens is 372 g/mol. The van der Waals surface area contributed by atoms with Crippen molar-refractivity contribution in [1.29, 1.82) is 0 Å². The van der Waals surface area contributed by atoms with Gasteiger partial charge in [0.05, 0.1) is 19.3 Å². The second kappa shape index (κ2) is 8.38. The summed E-state index contributed by atoms with van der Waals surface area (Å²) in [6.07, 6.45) is 2.36. The number of likely N-dealkylation sites (tertiary alicyclic amines) is 1. The van der Waals surface area contributed by atoms with E-state index in [0.29, 0.717) is 37.8 Å². The Kier molecular flexibility index (Phi) is 5.50. The summed E-state index contributed by atoms with van der Waals surface area (Å²) < 4.78 is 11.2. The number of benzene rings is 1. The first kappa shape index (κ1) is 19.0. The Morgan fingerprint density at radius 3 is 2.76 bits per heavy atom. The van der Waals surface area contributed by atoms with E-state index in [1.54, 1.807) is 34.1 Å². The van der Waals surface area contributed by atoms with Gasteiger partial charge in [-0.15, -0.1) is 0 Å². The number of aromatic nitrogens is 1. The van der Waals surface area contributed by atoms with E-state index in [4.69, 9.17) is 9.47 Å². The second-order valence-corrected chi connectivity index (χ2v) is 7.06. The number of carbonyl (C=O) groups is 2. The van der Waals surface area contributed by atoms with E-state index in [2.05, 4.69) is 4.98 Å². The number of methoxy groups -OCH3 is 1. The van der Waals surface area contributed by atoms with Gasteiger partial charge in [0.25, 0.3) is 0 Å². The van der Waals surface area contributed by atoms with Crippen molar-refractivity contribution < 1.29 is 19.1 Å². The number of carbonyl (C=O) groups excluding carboxylic acids is 2. The zero-order chi connectivity index (χ0) is 20.2. The summed E-state index contributed by atoms with van der Waals surface area (Å²) in [5.74, 6) is 1.14. The molecule has 4 rings (SSSR count). The first-order valence-corrected chi connectivity index (χ1v) is 9.70. The third-order valence-corrected chi connectivity index (χ3v) is 5.22. The number of pyridine rings is 1. The predicted molar refractivity (Wildman–Crippen MR) is 107 cm³/mol. The maximum absolute atomic E-state index is 12.8. The van der Waals surface area contributed by atoms with Crippen molar-refractivity contribution in [2.45, 2.75) is 12.5 Å². The van der Waals surface area contributed by atoms with Crippen molar-refractivity contribution in [3.8, 4) is 11.6 Å². The van der Waals surface area contributed by atoms with Gasteiger partial charge in [-0.1, -0.05) is 18.2 Å². The molecule has 0 unspecified atom stereocenters. The normalized spacial score (nSPS) is 19.0. The lowest BCUT2D eigenvalue weighted by atomic mass is 10.2. The Bertz CT molecular complexity index is 876. The summed E-state index contributed by atoms with van der Waals surface area (Å²) in [4.78, 5) is 34.7. The van der Waals surface area contributed by atoms with Gasteiger partial charge in [-0.05, 0) is 18.2 Å². The summed E-state index contributed by atoms with van der Waals surface area (Å²) in [6, 6.07) is 12.7. The predicted octanol–water partition coefficient (Wildman–Crippen LogP) is 2.01. The first-order valence-electron chi connectivity index (χ1n) is 9.70. The zero-order valence-corrected chi connectivity index (χ0v) is 16.4. The van der Waals surface area contributed by atoms with Gasteiger partial charge in [0.15, 0.2) is 0 Å². The molecule has 2 saturated heterocycles. The molecule has 2 aliphatic heterocycles. The fraction of sp³-hybridized carbons (Fsp3) is 0.381. The van der Waals surface area contributed by atoms with Crippen LogP contribution in [-0.4, -0.2) is 72.7 Å². The number of anilines is 1. The molecule has 8 nitrogen and oxygen atoms in total. The lowest BCUT2D eigenvalue weighted by Gasteiger charge is -2.22. The fourth-order valence-corrected chi connectivity index (χ4v) is 3.71. The highest BCUT2D eigenvalue weighted by atomic mass is 16.5. The lowest BCUT2D eigenvalue weighted by molar-refractivity contribution is -0.130. The van der Waals surface area contributed by atoms with Gasteiger partial charge in [-0.25, -0.2) is 9.78 Å². The largest absolute Gasteiger partial charge is 0.495 e. The van der Waals surface area contributed by atoms with Crippen LogP contribution in [0.4, 0.5) is 10.5 Å². The van der Waals surface area contributed by atoms with Crippen LogP contribution in [0.5, 0.6) is 11.6 Å². The topological polar surface area (TPSA) is 75.2 Å². The number of para-hydroxylation sites is 2. The SMILES string of the molecule is COc1ccccc1N1CCN(CC(=O)N2CC[C@H](Oc3ccccn3)C2)C1=O. The Balaban J connectivity index is 1.33. The molecule has 0 aliphatic carbocycles. The number of rotatable bonds is 6. The van der Waals surface area contributed by atoms with Crippen LogP contribution < -0.4 is 14.4 Å². The number of amides is 3. The molecule has 2 aromatic rings. The molecule has 0 bridgehead atoms. The molecule has 0 N–H and O–H groups in total. The Hall–Kier alpha value is -3.29. The molecule has 152 valence electrons. The Morgan fingerprint density at radius 2 is 1.97 bits per heavy atom. The van der Waals surface area contributed by atoms with Gasteiger partial charge in [-0.3, -0.25) is 9.69 Å². The Labute approximate surface area is 169 Å². The number of nitrogens with zero attached hydrogens (tertiary/aromatic N) is 4. The summed E-state index contributed by atoms with van der Waals surface area (Å²) in [5.41, 5.74) is 0.722. The molecule has 1 aromatic heterocycles. The highest BCUT2D eigenvalue weighted by Crippen LogP contribution is 2.30. The van der Waals surface area contributed by atoms with Gasteiger partial charge < -0.3 is 19.3 Å². The van der Waals surface area contributed by atoms with Gasteiger partial charge in [0, 0.05) is 38.3 Å². The summed E-state index contributed by atoms with van der Waals surface area (Å²) in [6.45, 7) is 2.23. The fourth-order valence-electron chi connectivity index (χ4n) is 3.71. The van der Waals surface area contributed by atoms with E-state index in [1.165, 1.54) is 0 Å². The molecule has 2 aliphatic rings. The molecule has 0 radical (unpaired) electrons. The smallest absolute Gasteiger partial charge is 0.325 e. The van der Waals surface area contributed by atoms with Crippen LogP contribution in [0.2, 0.25) is 0 Å². The van der Waals surface area contributed by atoms with Crippen molar-refractivity contribution in [2.24, 2.45) is 0 Å². The summed E-state index contributed by atoms with van der Waals surface area (Å²) in [5, 5.41) is 0. The first-order chi connectivity index (χ1) is 14.2. The maximum atomic E-state index is 12.8. The number of urea groups is 1. The van der Waals surface area contributed by atoms with E-state index in [-0.39, 0.29) is 24.6 Å². The van der Waals surface area contributed by atoms with Gasteiger partial charge in [-0.2, -0.15) is 0 Å². The third-order valence-electron chi connectivity index (χ3n) is 5.22. The van der Waals surface area contributed by atoms with Crippen LogP contribution in [0.25, 0.3) is 0 Å². The molecule has 29 heavy (non-hydrogen) atoms. The van der Waals surface area contributed by atoms with E-state index in [9.17, 15) is 9.59 Å². The lowest BCUT2D eigenvalue weighted by Crippen LogP contribution is -2.42. The summed E-state index contributed by atoms with van der Waals surface area (Å²) >= 11 is 0. The van der Waals surface area contributed by atoms with Crippen molar-refractivity contribution in [3.63, 3.8) is 0 Å². The third kappa shape index (κ3) is 4.11. The van der Waals surface area contributed by atoms with Gasteiger partial charge >= 0.3 is 6.03 Å². The van der Waals surface area contributed by atoms with E-state index in [0.717, 1.165) is 12.1 Å². The number of hydrogen-bond donors (Lipinski definition) is 0. The second-order valence-electron chi connectivity index (χ2n) is 7.06. The van der Waals surface area contributed by atoms with E-state index < -0.39 is 0 Å². The van der Waals surface area contributed by atoms with Gasteiger partial charge in [0.1, 0.15) is 18.4 Å². The standard InChI is InChI=1S/C21H24N4O4/c1-28-18-7-3-2-6-17(18)25-13-12-24(21(25)27)15-20(26)23-11-9-16(14-23)29-19-8-4-5-10-22-19/h2-8,10,16H,9,11-15H2,1H3/t16-/m0/s1. The minimum absolute atomic E-state index is 0.0626. The minimum Gasteiger partial charge on any atom is -0.495 e. The van der Waals surface area contributed by atoms with Crippen molar-refractivity contribution in [2.75, 3.05) is 44.7 Å². The molecule has 3 amide bonds. The summed E-state index contributed by atoms with van der Waals surface area (Å²) in [7, 11) is 1.58. The molecule has 3 heterocycles. The molecule has 2 fully saturated rings. The average molecular weight is 396 g/mol. The minimum atomic E-state index is -0.177. The maximum Gasteiger partial charge on any atom is 0.325 e. The highest BCUT2D eigenvalue weighted by Gasteiger charge is 2.35. The average Bonchev–Trinajstić information content (AvgIpc) is 3.36. The van der Waals surface area contributed by atoms with Gasteiger partial charge in [0.2, 0.25) is 11.8 Å². The zero-order valence-electron chi connectivity index (χ0n) is 16.4. The van der Waals surface area contributed by atoms with Crippen LogP contribution in [0.1, 0.15) is 6.42 Å². The monoisotopic (exact) mass is 396 g/mol. The molecule has 0 saturated carbocycles. The molecule has 0 spiro atoms. The van der Waals surface area contributed by atoms with Crippen molar-refractivity contribution in [1.82, 2.24) is 14.8 Å². The quantitative estimate of drug-likeness (QED) is 0.747. The van der Waals surface area contributed by atoms with Crippen molar-refractivity contribution >= 4 is 17.6 Å². The molecule has 8 heteroatoms. The van der Waals surface area contributed by atoms with E-state index in [1.807, 2.05) is 36.4 Å². The van der Waals surface area contributed by atoms with Crippen molar-refractivity contribution in [3.05, 3.63) is 48.7 Å². The number of hydrogen-bond acceptors (Lipinski definition) is 5. The van der Waals surface area contributed by atoms with E-state index >= 15 is 0 Å². The van der Waals surface area contributed by atoms with Crippen LogP contribution in [0.3, 0.4) is 0 Å². The molecule has 1 aromatic carbocycles. The number of ether oxygens (including phenoxy) is 2. The van der Waals surface area contributed by atoms with Crippen LogP contribution >= 0.6 is 0 Å². The molecular formula is C21H24N4O4. The van der Waals surface area contributed by atoms with Crippen LogP contribution in [0, 0.1) is 0 Å². The molecule has 1 atom stereocenters. The van der Waals surface area contributed by atoms with Crippen LogP contribution in [-0.2, 0) is 4.79 Å². The Morgan fingerprint density at radius 1 is 1.14 bits per heavy atom. The highest BCUT2D eigenvalue weighted by molar-refractivity contribution is 5.97. The van der Waals surface area contributed by atoms with Crippen LogP contribution in [0.15, 0.2) is 48.7 Å².